The van der Waals surface area contributed by atoms with Gasteiger partial charge >= 0.3 is 5.97 Å². The van der Waals surface area contributed by atoms with Crippen LogP contribution in [0.2, 0.25) is 5.02 Å². The second-order valence-electron chi connectivity index (χ2n) is 8.97. The number of likely N-dealkylation sites (tertiary alicyclic amines) is 1. The van der Waals surface area contributed by atoms with Crippen molar-refractivity contribution in [1.29, 1.82) is 0 Å². The van der Waals surface area contributed by atoms with Gasteiger partial charge in [0.2, 0.25) is 5.91 Å². The molecule has 0 unspecified atom stereocenters. The molecule has 0 radical (unpaired) electrons. The number of amides is 1. The number of piperidine rings is 1. The number of hydrogen-bond donors (Lipinski definition) is 0. The Morgan fingerprint density at radius 1 is 1.24 bits per heavy atom. The molecule has 1 amide bonds. The number of rotatable bonds is 6. The Balaban J connectivity index is 1.37. The van der Waals surface area contributed by atoms with Gasteiger partial charge in [-0.2, -0.15) is 5.10 Å². The minimum Gasteiger partial charge on any atom is -0.468 e. The van der Waals surface area contributed by atoms with Gasteiger partial charge in [0.25, 0.3) is 0 Å². The zero-order valence-electron chi connectivity index (χ0n) is 19.1. The van der Waals surface area contributed by atoms with Crippen LogP contribution in [-0.2, 0) is 33.8 Å². The molecule has 1 saturated heterocycles. The molecule has 33 heavy (non-hydrogen) atoms. The minimum atomic E-state index is -0.355. The molecule has 1 aromatic carbocycles. The van der Waals surface area contributed by atoms with Crippen LogP contribution in [0.5, 0.6) is 0 Å². The number of esters is 1. The smallest absolute Gasteiger partial charge is 0.319 e. The molecule has 2 aliphatic rings. The summed E-state index contributed by atoms with van der Waals surface area (Å²) in [6.45, 7) is 5.35. The van der Waals surface area contributed by atoms with Crippen LogP contribution in [0, 0.1) is 18.7 Å². The van der Waals surface area contributed by atoms with E-state index in [4.69, 9.17) is 16.3 Å². The fourth-order valence-corrected chi connectivity index (χ4v) is 4.96. The average Bonchev–Trinajstić information content (AvgIpc) is 3.11. The number of nitrogens with zero attached hydrogens (tertiary/aromatic N) is 4. The van der Waals surface area contributed by atoms with Crippen LogP contribution < -0.4 is 0 Å². The Bertz CT molecular complexity index is 1030. The van der Waals surface area contributed by atoms with E-state index in [-0.39, 0.29) is 17.7 Å². The van der Waals surface area contributed by atoms with Gasteiger partial charge in [0.05, 0.1) is 38.1 Å². The van der Waals surface area contributed by atoms with Crippen molar-refractivity contribution in [3.8, 4) is 0 Å². The van der Waals surface area contributed by atoms with Crippen molar-refractivity contribution >= 4 is 23.5 Å². The quantitative estimate of drug-likeness (QED) is 0.599. The van der Waals surface area contributed by atoms with Gasteiger partial charge in [-0.3, -0.25) is 19.2 Å². The normalized spacial score (nSPS) is 17.2. The first-order chi connectivity index (χ1) is 15.8. The molecule has 1 fully saturated rings. The molecule has 0 aliphatic carbocycles. The van der Waals surface area contributed by atoms with Gasteiger partial charge in [-0.05, 0) is 62.9 Å². The number of carbonyl (C=O) groups excluding carboxylic acids is 2. The monoisotopic (exact) mass is 476 g/mol. The predicted molar refractivity (Wildman–Crippen MR) is 122 cm³/mol. The van der Waals surface area contributed by atoms with Crippen LogP contribution in [0.3, 0.4) is 0 Å². The van der Waals surface area contributed by atoms with Crippen molar-refractivity contribution in [3.63, 3.8) is 0 Å². The van der Waals surface area contributed by atoms with Crippen LogP contribution in [0.15, 0.2) is 18.2 Å². The van der Waals surface area contributed by atoms with Crippen LogP contribution in [-0.4, -0.2) is 64.7 Å². The predicted octanol–water partition coefficient (Wildman–Crippen LogP) is 3.19. The van der Waals surface area contributed by atoms with E-state index in [9.17, 15) is 14.0 Å². The van der Waals surface area contributed by atoms with E-state index in [2.05, 4.69) is 10.00 Å². The van der Waals surface area contributed by atoms with Crippen molar-refractivity contribution in [1.82, 2.24) is 19.6 Å². The highest BCUT2D eigenvalue weighted by molar-refractivity contribution is 6.30. The van der Waals surface area contributed by atoms with Gasteiger partial charge in [-0.25, -0.2) is 4.39 Å². The zero-order chi connectivity index (χ0) is 23.5. The van der Waals surface area contributed by atoms with Gasteiger partial charge in [0.15, 0.2) is 0 Å². The summed E-state index contributed by atoms with van der Waals surface area (Å²) in [7, 11) is 1.40. The molecule has 178 valence electrons. The van der Waals surface area contributed by atoms with Crippen molar-refractivity contribution in [2.24, 2.45) is 5.92 Å². The fraction of sp³-hybridized carbons (Fsp3) is 0.542. The van der Waals surface area contributed by atoms with Crippen molar-refractivity contribution < 1.29 is 18.7 Å². The molecule has 1 aromatic heterocycles. The van der Waals surface area contributed by atoms with Gasteiger partial charge in [0, 0.05) is 23.6 Å². The number of aryl methyl sites for hydroxylation is 1. The van der Waals surface area contributed by atoms with E-state index in [1.54, 1.807) is 12.1 Å². The van der Waals surface area contributed by atoms with Gasteiger partial charge in [-0.1, -0.05) is 17.7 Å². The molecule has 9 heteroatoms. The van der Waals surface area contributed by atoms with Crippen LogP contribution in [0.4, 0.5) is 4.39 Å². The van der Waals surface area contributed by atoms with E-state index in [1.165, 1.54) is 13.2 Å². The summed E-state index contributed by atoms with van der Waals surface area (Å²) in [5.41, 5.74) is 3.59. The molecule has 0 spiro atoms. The van der Waals surface area contributed by atoms with Crippen molar-refractivity contribution in [2.75, 3.05) is 33.3 Å². The summed E-state index contributed by atoms with van der Waals surface area (Å²) < 4.78 is 20.9. The number of benzene rings is 1. The summed E-state index contributed by atoms with van der Waals surface area (Å²) in [6.07, 6.45) is 3.07. The van der Waals surface area contributed by atoms with Crippen LogP contribution >= 0.6 is 11.6 Å². The number of hydrogen-bond acceptors (Lipinski definition) is 5. The summed E-state index contributed by atoms with van der Waals surface area (Å²) in [6, 6.07) is 4.67. The topological polar surface area (TPSA) is 67.7 Å². The Morgan fingerprint density at radius 3 is 2.70 bits per heavy atom. The van der Waals surface area contributed by atoms with Gasteiger partial charge in [-0.15, -0.1) is 0 Å². The first kappa shape index (κ1) is 23.7. The fourth-order valence-electron chi connectivity index (χ4n) is 4.80. The van der Waals surface area contributed by atoms with E-state index in [0.717, 1.165) is 49.3 Å². The van der Waals surface area contributed by atoms with Crippen LogP contribution in [0.25, 0.3) is 0 Å². The molecule has 4 rings (SSSR count). The van der Waals surface area contributed by atoms with E-state index in [1.807, 2.05) is 16.5 Å². The highest BCUT2D eigenvalue weighted by Crippen LogP contribution is 2.27. The minimum absolute atomic E-state index is 0.148. The molecule has 2 aromatic rings. The molecule has 0 saturated carbocycles. The second kappa shape index (κ2) is 10.2. The highest BCUT2D eigenvalue weighted by atomic mass is 35.5. The van der Waals surface area contributed by atoms with Gasteiger partial charge in [0.1, 0.15) is 5.82 Å². The standard InChI is InChI=1S/C24H30ClFN4O3/c1-16-20-7-10-29(23(31)11-17-5-8-28(9-6-17)15-24(32)33-2)14-22(20)30(27-16)13-18-3-4-19(25)12-21(18)26/h3-4,12,17H,5-11,13-15H2,1-2H3. The van der Waals surface area contributed by atoms with Crippen molar-refractivity contribution in [3.05, 3.63) is 51.6 Å². The van der Waals surface area contributed by atoms with E-state index in [0.29, 0.717) is 49.1 Å². The number of ether oxygens (including phenoxy) is 1. The number of aromatic nitrogens is 2. The molecule has 7 nitrogen and oxygen atoms in total. The SMILES string of the molecule is COC(=O)CN1CCC(CC(=O)N2CCc3c(C)nn(Cc4ccc(Cl)cc4F)c3C2)CC1. The average molecular weight is 477 g/mol. The summed E-state index contributed by atoms with van der Waals surface area (Å²) in [5.74, 6) is -0.108. The molecular weight excluding hydrogens is 447 g/mol. The lowest BCUT2D eigenvalue weighted by atomic mass is 9.92. The third kappa shape index (κ3) is 5.55. The zero-order valence-corrected chi connectivity index (χ0v) is 19.9. The maximum Gasteiger partial charge on any atom is 0.319 e. The third-order valence-electron chi connectivity index (χ3n) is 6.78. The number of fused-ring (bicyclic) bond motifs is 1. The molecule has 0 N–H and O–H groups in total. The Morgan fingerprint density at radius 2 is 2.00 bits per heavy atom. The Kier molecular flexibility index (Phi) is 7.34. The number of methoxy groups -OCH3 is 1. The molecule has 2 aliphatic heterocycles. The molecule has 0 bridgehead atoms. The molecular formula is C24H30ClFN4O3. The number of carbonyl (C=O) groups is 2. The lowest BCUT2D eigenvalue weighted by molar-refractivity contribution is -0.142. The maximum absolute atomic E-state index is 14.3. The second-order valence-corrected chi connectivity index (χ2v) is 9.41. The first-order valence-corrected chi connectivity index (χ1v) is 11.8. The number of halogens is 2. The third-order valence-corrected chi connectivity index (χ3v) is 7.01. The highest BCUT2D eigenvalue weighted by Gasteiger charge is 2.29. The lowest BCUT2D eigenvalue weighted by Crippen LogP contribution is -2.41. The summed E-state index contributed by atoms with van der Waals surface area (Å²) in [5, 5.41) is 5.00. The van der Waals surface area contributed by atoms with Gasteiger partial charge < -0.3 is 9.64 Å². The molecule has 0 atom stereocenters. The summed E-state index contributed by atoms with van der Waals surface area (Å²) in [4.78, 5) is 28.5. The lowest BCUT2D eigenvalue weighted by Gasteiger charge is -2.33. The maximum atomic E-state index is 14.3. The van der Waals surface area contributed by atoms with Crippen molar-refractivity contribution in [2.45, 2.75) is 45.7 Å². The Hall–Kier alpha value is -2.45. The van der Waals surface area contributed by atoms with Crippen LogP contribution in [0.1, 0.15) is 41.8 Å². The Labute approximate surface area is 198 Å². The first-order valence-electron chi connectivity index (χ1n) is 11.4. The van der Waals surface area contributed by atoms with E-state index < -0.39 is 0 Å². The summed E-state index contributed by atoms with van der Waals surface area (Å²) >= 11 is 5.88. The van der Waals surface area contributed by atoms with E-state index >= 15 is 0 Å². The molecule has 3 heterocycles. The largest absolute Gasteiger partial charge is 0.468 e.